The summed E-state index contributed by atoms with van der Waals surface area (Å²) >= 11 is 9.47. The molecule has 208 valence electrons. The molecule has 0 radical (unpaired) electrons. The van der Waals surface area contributed by atoms with Crippen molar-refractivity contribution >= 4 is 55.1 Å². The monoisotopic (exact) mass is 633 g/mol. The Hall–Kier alpha value is -2.88. The average molecular weight is 635 g/mol. The Labute approximate surface area is 244 Å². The largest absolute Gasteiger partial charge is 0.350 e. The summed E-state index contributed by atoms with van der Waals surface area (Å²) in [5.74, 6) is -0.840. The lowest BCUT2D eigenvalue weighted by Gasteiger charge is -2.35. The molecule has 3 aromatic rings. The van der Waals surface area contributed by atoms with Crippen LogP contribution in [0.2, 0.25) is 5.02 Å². The number of carbonyl (C=O) groups is 2. The highest BCUT2D eigenvalue weighted by molar-refractivity contribution is 9.10. The van der Waals surface area contributed by atoms with Gasteiger partial charge in [-0.15, -0.1) is 0 Å². The number of carbonyl (C=O) groups excluding carboxylic acids is 2. The summed E-state index contributed by atoms with van der Waals surface area (Å²) in [4.78, 5) is 29.2. The molecule has 1 N–H and O–H groups in total. The number of sulfonamides is 1. The summed E-state index contributed by atoms with van der Waals surface area (Å²) in [6.07, 6.45) is 1.30. The molecule has 0 aromatic heterocycles. The molecule has 1 atom stereocenters. The van der Waals surface area contributed by atoms with Gasteiger partial charge < -0.3 is 10.2 Å². The van der Waals surface area contributed by atoms with E-state index in [0.717, 1.165) is 26.2 Å². The minimum atomic E-state index is -3.84. The van der Waals surface area contributed by atoms with E-state index in [2.05, 4.69) is 21.2 Å². The van der Waals surface area contributed by atoms with E-state index in [9.17, 15) is 18.0 Å². The maximum atomic E-state index is 14.0. The molecule has 0 aliphatic rings. The van der Waals surface area contributed by atoms with Gasteiger partial charge in [-0.1, -0.05) is 70.0 Å². The zero-order chi connectivity index (χ0) is 28.8. The maximum absolute atomic E-state index is 14.0. The predicted molar refractivity (Wildman–Crippen MR) is 160 cm³/mol. The van der Waals surface area contributed by atoms with Gasteiger partial charge >= 0.3 is 0 Å². The number of hydrogen-bond donors (Lipinski definition) is 1. The molecule has 0 heterocycles. The second kappa shape index (κ2) is 13.0. The molecular weight excluding hydrogens is 602 g/mol. The summed E-state index contributed by atoms with van der Waals surface area (Å²) in [6.45, 7) is 5.23. The van der Waals surface area contributed by atoms with Crippen LogP contribution < -0.4 is 9.62 Å². The predicted octanol–water partition coefficient (Wildman–Crippen LogP) is 5.42. The van der Waals surface area contributed by atoms with Crippen LogP contribution in [0.15, 0.2) is 83.3 Å². The number of rotatable bonds is 10. The fourth-order valence-electron chi connectivity index (χ4n) is 4.06. The standard InChI is InChI=1S/C29H33BrClN3O4S/c1-29(2,3)32-28(36)26(18-21-9-6-5-7-10-21)33(19-22-11-8-12-23(30)17-22)27(35)20-34(39(4,37)38)25-15-13-24(31)14-16-25/h5-17,26H,18-20H2,1-4H3,(H,32,36)/t26-/m1/s1. The molecule has 39 heavy (non-hydrogen) atoms. The Bertz CT molecular complexity index is 1390. The Kier molecular flexibility index (Phi) is 10.2. The van der Waals surface area contributed by atoms with Gasteiger partial charge in [-0.25, -0.2) is 8.42 Å². The number of nitrogens with zero attached hydrogens (tertiary/aromatic N) is 2. The molecule has 0 aliphatic heterocycles. The van der Waals surface area contributed by atoms with Gasteiger partial charge in [0, 0.05) is 28.0 Å². The van der Waals surface area contributed by atoms with Crippen LogP contribution in [0.4, 0.5) is 5.69 Å². The van der Waals surface area contributed by atoms with Crippen molar-refractivity contribution < 1.29 is 18.0 Å². The van der Waals surface area contributed by atoms with E-state index in [1.165, 1.54) is 4.90 Å². The lowest BCUT2D eigenvalue weighted by molar-refractivity contribution is -0.140. The summed E-state index contributed by atoms with van der Waals surface area (Å²) in [5.41, 5.74) is 1.42. The van der Waals surface area contributed by atoms with E-state index in [1.807, 2.05) is 75.4 Å². The first-order valence-corrected chi connectivity index (χ1v) is 15.4. The third kappa shape index (κ3) is 9.37. The SMILES string of the molecule is CC(C)(C)NC(=O)[C@@H](Cc1ccccc1)N(Cc1cccc(Br)c1)C(=O)CN(c1ccc(Cl)cc1)S(C)(=O)=O. The van der Waals surface area contributed by atoms with Crippen molar-refractivity contribution in [3.05, 3.63) is 99.5 Å². The molecular formula is C29H33BrClN3O4S. The van der Waals surface area contributed by atoms with Crippen LogP contribution in [0.1, 0.15) is 31.9 Å². The van der Waals surface area contributed by atoms with E-state index in [0.29, 0.717) is 10.7 Å². The van der Waals surface area contributed by atoms with Gasteiger partial charge in [-0.3, -0.25) is 13.9 Å². The zero-order valence-electron chi connectivity index (χ0n) is 22.4. The second-order valence-electron chi connectivity index (χ2n) is 10.3. The first-order valence-electron chi connectivity index (χ1n) is 12.4. The highest BCUT2D eigenvalue weighted by Crippen LogP contribution is 2.23. The quantitative estimate of drug-likeness (QED) is 0.323. The van der Waals surface area contributed by atoms with Crippen LogP contribution in [0.25, 0.3) is 0 Å². The van der Waals surface area contributed by atoms with Gasteiger partial charge in [-0.2, -0.15) is 0 Å². The summed E-state index contributed by atoms with van der Waals surface area (Å²) in [6, 6.07) is 22.2. The number of benzene rings is 3. The molecule has 10 heteroatoms. The van der Waals surface area contributed by atoms with Crippen molar-refractivity contribution in [1.29, 1.82) is 0 Å². The van der Waals surface area contributed by atoms with Gasteiger partial charge in [0.2, 0.25) is 21.8 Å². The van der Waals surface area contributed by atoms with E-state index in [-0.39, 0.29) is 18.9 Å². The van der Waals surface area contributed by atoms with Gasteiger partial charge in [0.15, 0.2) is 0 Å². The average Bonchev–Trinajstić information content (AvgIpc) is 2.84. The first kappa shape index (κ1) is 30.7. The number of hydrogen-bond acceptors (Lipinski definition) is 4. The van der Waals surface area contributed by atoms with Crippen molar-refractivity contribution in [2.45, 2.75) is 45.3 Å². The van der Waals surface area contributed by atoms with Crippen molar-refractivity contribution in [2.75, 3.05) is 17.1 Å². The Morgan fingerprint density at radius 1 is 0.949 bits per heavy atom. The molecule has 3 rings (SSSR count). The Balaban J connectivity index is 2.07. The number of nitrogens with one attached hydrogen (secondary N) is 1. The van der Waals surface area contributed by atoms with Crippen LogP contribution in [0.5, 0.6) is 0 Å². The second-order valence-corrected chi connectivity index (χ2v) is 13.6. The first-order chi connectivity index (χ1) is 18.2. The number of anilines is 1. The van der Waals surface area contributed by atoms with Crippen LogP contribution in [0, 0.1) is 0 Å². The fraction of sp³-hybridized carbons (Fsp3) is 0.310. The summed E-state index contributed by atoms with van der Waals surface area (Å²) < 4.78 is 27.4. The van der Waals surface area contributed by atoms with E-state index in [1.54, 1.807) is 24.3 Å². The van der Waals surface area contributed by atoms with Crippen LogP contribution in [0.3, 0.4) is 0 Å². The lowest BCUT2D eigenvalue weighted by atomic mass is 10.0. The zero-order valence-corrected chi connectivity index (χ0v) is 25.6. The van der Waals surface area contributed by atoms with E-state index in [4.69, 9.17) is 11.6 Å². The maximum Gasteiger partial charge on any atom is 0.244 e. The molecule has 0 aliphatic carbocycles. The minimum Gasteiger partial charge on any atom is -0.350 e. The molecule has 0 bridgehead atoms. The Morgan fingerprint density at radius 2 is 1.56 bits per heavy atom. The molecule has 0 spiro atoms. The molecule has 0 saturated carbocycles. The molecule has 0 fully saturated rings. The van der Waals surface area contributed by atoms with E-state index >= 15 is 0 Å². The Morgan fingerprint density at radius 3 is 2.13 bits per heavy atom. The van der Waals surface area contributed by atoms with E-state index < -0.39 is 34.1 Å². The van der Waals surface area contributed by atoms with Crippen LogP contribution >= 0.6 is 27.5 Å². The molecule has 3 aromatic carbocycles. The van der Waals surface area contributed by atoms with Crippen molar-refractivity contribution in [3.63, 3.8) is 0 Å². The number of amides is 2. The van der Waals surface area contributed by atoms with Crippen LogP contribution in [-0.2, 0) is 32.6 Å². The highest BCUT2D eigenvalue weighted by atomic mass is 79.9. The lowest BCUT2D eigenvalue weighted by Crippen LogP contribution is -2.56. The van der Waals surface area contributed by atoms with Gasteiger partial charge in [0.1, 0.15) is 12.6 Å². The molecule has 0 unspecified atom stereocenters. The molecule has 2 amide bonds. The molecule has 7 nitrogen and oxygen atoms in total. The fourth-order valence-corrected chi connectivity index (χ4v) is 5.48. The van der Waals surface area contributed by atoms with Gasteiger partial charge in [-0.05, 0) is 68.3 Å². The van der Waals surface area contributed by atoms with Crippen molar-refractivity contribution in [2.24, 2.45) is 0 Å². The van der Waals surface area contributed by atoms with Crippen molar-refractivity contribution in [3.8, 4) is 0 Å². The minimum absolute atomic E-state index is 0.103. The smallest absolute Gasteiger partial charge is 0.244 e. The summed E-state index contributed by atoms with van der Waals surface area (Å²) in [7, 11) is -3.84. The van der Waals surface area contributed by atoms with Gasteiger partial charge in [0.25, 0.3) is 0 Å². The van der Waals surface area contributed by atoms with Crippen molar-refractivity contribution in [1.82, 2.24) is 10.2 Å². The normalized spacial score (nSPS) is 12.5. The summed E-state index contributed by atoms with van der Waals surface area (Å²) in [5, 5.41) is 3.45. The third-order valence-electron chi connectivity index (χ3n) is 5.81. The number of halogens is 2. The highest BCUT2D eigenvalue weighted by Gasteiger charge is 2.34. The third-order valence-corrected chi connectivity index (χ3v) is 7.69. The van der Waals surface area contributed by atoms with Crippen LogP contribution in [-0.4, -0.2) is 49.5 Å². The molecule has 0 saturated heterocycles. The van der Waals surface area contributed by atoms with Gasteiger partial charge in [0.05, 0.1) is 11.9 Å². The topological polar surface area (TPSA) is 86.8 Å².